The third kappa shape index (κ3) is 2.01. The van der Waals surface area contributed by atoms with E-state index in [-0.39, 0.29) is 5.97 Å². The summed E-state index contributed by atoms with van der Waals surface area (Å²) in [6, 6.07) is 7.94. The summed E-state index contributed by atoms with van der Waals surface area (Å²) >= 11 is 0. The summed E-state index contributed by atoms with van der Waals surface area (Å²) in [5, 5.41) is 3.09. The predicted molar refractivity (Wildman–Crippen MR) is 58.5 cm³/mol. The van der Waals surface area contributed by atoms with Gasteiger partial charge in [-0.05, 0) is 18.6 Å². The van der Waals surface area contributed by atoms with Crippen molar-refractivity contribution in [3.05, 3.63) is 41.6 Å². The third-order valence-electron chi connectivity index (χ3n) is 2.34. The number of hydrogen-bond acceptors (Lipinski definition) is 3. The van der Waals surface area contributed by atoms with E-state index in [4.69, 9.17) is 4.74 Å². The standard InChI is InChI=1S/C12H13NO2/c1-2-15-12(14)10-7-9-5-3-4-6-11(9)13-8-10/h3-6,8,13H,2,7H2,1H3. The Morgan fingerprint density at radius 2 is 2.27 bits per heavy atom. The molecule has 1 N–H and O–H groups in total. The lowest BCUT2D eigenvalue weighted by atomic mass is 10.0. The summed E-state index contributed by atoms with van der Waals surface area (Å²) in [5.41, 5.74) is 2.86. The molecule has 0 spiro atoms. The van der Waals surface area contributed by atoms with E-state index in [2.05, 4.69) is 5.32 Å². The molecule has 0 radical (unpaired) electrons. The van der Waals surface area contributed by atoms with Crippen molar-refractivity contribution in [2.75, 3.05) is 11.9 Å². The van der Waals surface area contributed by atoms with Crippen molar-refractivity contribution >= 4 is 11.7 Å². The molecule has 3 heteroatoms. The Labute approximate surface area is 88.8 Å². The zero-order valence-corrected chi connectivity index (χ0v) is 8.62. The number of fused-ring (bicyclic) bond motifs is 1. The molecule has 0 saturated carbocycles. The fraction of sp³-hybridized carbons (Fsp3) is 0.250. The van der Waals surface area contributed by atoms with Gasteiger partial charge in [-0.2, -0.15) is 0 Å². The van der Waals surface area contributed by atoms with Crippen molar-refractivity contribution in [3.8, 4) is 0 Å². The molecule has 0 aliphatic carbocycles. The highest BCUT2D eigenvalue weighted by Crippen LogP contribution is 2.23. The molecule has 0 atom stereocenters. The fourth-order valence-electron chi connectivity index (χ4n) is 1.59. The Balaban J connectivity index is 2.16. The number of rotatable bonds is 2. The Morgan fingerprint density at radius 3 is 3.07 bits per heavy atom. The Bertz CT molecular complexity index is 410. The van der Waals surface area contributed by atoms with Crippen molar-refractivity contribution in [2.24, 2.45) is 0 Å². The average Bonchev–Trinajstić information content (AvgIpc) is 2.29. The number of para-hydroxylation sites is 1. The molecule has 0 saturated heterocycles. The average molecular weight is 203 g/mol. The van der Waals surface area contributed by atoms with E-state index in [1.807, 2.05) is 31.2 Å². The highest BCUT2D eigenvalue weighted by atomic mass is 16.5. The number of benzene rings is 1. The number of nitrogens with one attached hydrogen (secondary N) is 1. The molecule has 15 heavy (non-hydrogen) atoms. The zero-order valence-electron chi connectivity index (χ0n) is 8.62. The van der Waals surface area contributed by atoms with E-state index >= 15 is 0 Å². The van der Waals surface area contributed by atoms with E-state index in [1.165, 1.54) is 0 Å². The van der Waals surface area contributed by atoms with Crippen LogP contribution in [0.25, 0.3) is 0 Å². The molecule has 1 heterocycles. The van der Waals surface area contributed by atoms with Crippen LogP contribution in [0.4, 0.5) is 5.69 Å². The maximum absolute atomic E-state index is 11.5. The minimum Gasteiger partial charge on any atom is -0.463 e. The largest absolute Gasteiger partial charge is 0.463 e. The van der Waals surface area contributed by atoms with Crippen LogP contribution in [0.3, 0.4) is 0 Å². The molecule has 3 nitrogen and oxygen atoms in total. The van der Waals surface area contributed by atoms with Crippen LogP contribution in [0, 0.1) is 0 Å². The van der Waals surface area contributed by atoms with E-state index in [1.54, 1.807) is 6.20 Å². The Hall–Kier alpha value is -1.77. The fourth-order valence-corrected chi connectivity index (χ4v) is 1.59. The molecule has 2 rings (SSSR count). The van der Waals surface area contributed by atoms with Gasteiger partial charge in [-0.25, -0.2) is 4.79 Å². The van der Waals surface area contributed by atoms with Crippen LogP contribution in [-0.2, 0) is 16.0 Å². The molecule has 0 unspecified atom stereocenters. The SMILES string of the molecule is CCOC(=O)C1=CNc2ccccc2C1. The highest BCUT2D eigenvalue weighted by molar-refractivity contribution is 5.90. The molecule has 0 amide bonds. The van der Waals surface area contributed by atoms with Gasteiger partial charge in [0.25, 0.3) is 0 Å². The quantitative estimate of drug-likeness (QED) is 0.748. The molecular weight excluding hydrogens is 190 g/mol. The summed E-state index contributed by atoms with van der Waals surface area (Å²) < 4.78 is 4.95. The topological polar surface area (TPSA) is 38.3 Å². The lowest BCUT2D eigenvalue weighted by Crippen LogP contribution is -2.15. The van der Waals surface area contributed by atoms with Gasteiger partial charge >= 0.3 is 5.97 Å². The van der Waals surface area contributed by atoms with Gasteiger partial charge in [0.05, 0.1) is 12.2 Å². The monoisotopic (exact) mass is 203 g/mol. The summed E-state index contributed by atoms with van der Waals surface area (Å²) in [4.78, 5) is 11.5. The van der Waals surface area contributed by atoms with E-state index < -0.39 is 0 Å². The number of carbonyl (C=O) groups is 1. The summed E-state index contributed by atoms with van der Waals surface area (Å²) in [7, 11) is 0. The van der Waals surface area contributed by atoms with Crippen molar-refractivity contribution in [3.63, 3.8) is 0 Å². The van der Waals surface area contributed by atoms with Crippen molar-refractivity contribution in [1.82, 2.24) is 0 Å². The molecule has 78 valence electrons. The van der Waals surface area contributed by atoms with Gasteiger partial charge in [0.1, 0.15) is 0 Å². The van der Waals surface area contributed by atoms with Crippen LogP contribution < -0.4 is 5.32 Å². The second-order valence-electron chi connectivity index (χ2n) is 3.37. The second kappa shape index (κ2) is 4.17. The smallest absolute Gasteiger partial charge is 0.335 e. The minimum atomic E-state index is -0.237. The van der Waals surface area contributed by atoms with Gasteiger partial charge in [-0.1, -0.05) is 18.2 Å². The normalized spacial score (nSPS) is 13.5. The molecule has 0 aromatic heterocycles. The summed E-state index contributed by atoms with van der Waals surface area (Å²) in [6.45, 7) is 2.22. The summed E-state index contributed by atoms with van der Waals surface area (Å²) in [6.07, 6.45) is 2.36. The maximum atomic E-state index is 11.5. The van der Waals surface area contributed by atoms with Crippen LogP contribution >= 0.6 is 0 Å². The van der Waals surface area contributed by atoms with Gasteiger partial charge < -0.3 is 10.1 Å². The third-order valence-corrected chi connectivity index (χ3v) is 2.34. The molecule has 0 fully saturated rings. The minimum absolute atomic E-state index is 0.237. The van der Waals surface area contributed by atoms with E-state index in [0.29, 0.717) is 18.6 Å². The van der Waals surface area contributed by atoms with Crippen LogP contribution in [0.5, 0.6) is 0 Å². The molecular formula is C12H13NO2. The van der Waals surface area contributed by atoms with Crippen molar-refractivity contribution in [2.45, 2.75) is 13.3 Å². The number of carbonyl (C=O) groups excluding carboxylic acids is 1. The first-order valence-corrected chi connectivity index (χ1v) is 5.02. The van der Waals surface area contributed by atoms with Crippen LogP contribution in [-0.4, -0.2) is 12.6 Å². The molecule has 1 aromatic carbocycles. The van der Waals surface area contributed by atoms with E-state index in [0.717, 1.165) is 11.3 Å². The lowest BCUT2D eigenvalue weighted by Gasteiger charge is -2.16. The number of anilines is 1. The molecule has 0 bridgehead atoms. The first-order chi connectivity index (χ1) is 7.31. The van der Waals surface area contributed by atoms with Gasteiger partial charge in [0, 0.05) is 18.3 Å². The van der Waals surface area contributed by atoms with Gasteiger partial charge in [-0.3, -0.25) is 0 Å². The van der Waals surface area contributed by atoms with Gasteiger partial charge in [-0.15, -0.1) is 0 Å². The summed E-state index contributed by atoms with van der Waals surface area (Å²) in [5.74, 6) is -0.237. The first kappa shape index (κ1) is 9.77. The van der Waals surface area contributed by atoms with Crippen LogP contribution in [0.1, 0.15) is 12.5 Å². The Kier molecular flexibility index (Phi) is 2.72. The number of esters is 1. The zero-order chi connectivity index (χ0) is 10.7. The molecule has 1 aromatic rings. The Morgan fingerprint density at radius 1 is 1.47 bits per heavy atom. The van der Waals surface area contributed by atoms with Gasteiger partial charge in [0.2, 0.25) is 0 Å². The van der Waals surface area contributed by atoms with Crippen molar-refractivity contribution in [1.29, 1.82) is 0 Å². The van der Waals surface area contributed by atoms with Gasteiger partial charge in [0.15, 0.2) is 0 Å². The highest BCUT2D eigenvalue weighted by Gasteiger charge is 2.16. The first-order valence-electron chi connectivity index (χ1n) is 5.02. The molecule has 1 aliphatic heterocycles. The maximum Gasteiger partial charge on any atom is 0.335 e. The van der Waals surface area contributed by atoms with E-state index in [9.17, 15) is 4.79 Å². The van der Waals surface area contributed by atoms with Crippen LogP contribution in [0.2, 0.25) is 0 Å². The number of hydrogen-bond donors (Lipinski definition) is 1. The predicted octanol–water partition coefficient (Wildman–Crippen LogP) is 2.10. The van der Waals surface area contributed by atoms with Crippen molar-refractivity contribution < 1.29 is 9.53 Å². The molecule has 1 aliphatic rings. The second-order valence-corrected chi connectivity index (χ2v) is 3.37. The number of ether oxygens (including phenoxy) is 1. The van der Waals surface area contributed by atoms with Crippen LogP contribution in [0.15, 0.2) is 36.0 Å². The lowest BCUT2D eigenvalue weighted by molar-refractivity contribution is -0.138.